The first kappa shape index (κ1) is 15.7. The molecule has 2 aromatic rings. The Balaban J connectivity index is 2.53. The van der Waals surface area contributed by atoms with E-state index < -0.39 is 0 Å². The average Bonchev–Trinajstić information content (AvgIpc) is 2.53. The standard InChI is InChI=1S/C17H20ClNO2/c1-4-19-16(12-8-6-5-7-9-12)13-10-11-14(20-2)15(18)17(13)21-3/h5-11,16,19H,4H2,1-3H3. The number of hydrogen-bond acceptors (Lipinski definition) is 3. The van der Waals surface area contributed by atoms with E-state index in [1.54, 1.807) is 14.2 Å². The Morgan fingerprint density at radius 3 is 2.33 bits per heavy atom. The number of ether oxygens (including phenoxy) is 2. The van der Waals surface area contributed by atoms with Gasteiger partial charge in [-0.1, -0.05) is 48.9 Å². The molecule has 0 spiro atoms. The summed E-state index contributed by atoms with van der Waals surface area (Å²) in [6.07, 6.45) is 0. The highest BCUT2D eigenvalue weighted by Gasteiger charge is 2.21. The van der Waals surface area contributed by atoms with Gasteiger partial charge in [-0.15, -0.1) is 0 Å². The number of benzene rings is 2. The molecule has 112 valence electrons. The quantitative estimate of drug-likeness (QED) is 0.873. The van der Waals surface area contributed by atoms with Crippen LogP contribution in [0.2, 0.25) is 5.02 Å². The van der Waals surface area contributed by atoms with E-state index in [1.807, 2.05) is 30.3 Å². The summed E-state index contributed by atoms with van der Waals surface area (Å²) in [5.74, 6) is 1.26. The maximum atomic E-state index is 6.37. The Bertz CT molecular complexity index is 587. The van der Waals surface area contributed by atoms with Crippen molar-refractivity contribution in [2.24, 2.45) is 0 Å². The average molecular weight is 306 g/mol. The van der Waals surface area contributed by atoms with Gasteiger partial charge in [0.05, 0.1) is 20.3 Å². The third kappa shape index (κ3) is 3.31. The van der Waals surface area contributed by atoms with E-state index >= 15 is 0 Å². The van der Waals surface area contributed by atoms with Gasteiger partial charge in [-0.3, -0.25) is 0 Å². The van der Waals surface area contributed by atoms with Crippen molar-refractivity contribution in [2.45, 2.75) is 13.0 Å². The molecule has 3 nitrogen and oxygen atoms in total. The maximum Gasteiger partial charge on any atom is 0.146 e. The van der Waals surface area contributed by atoms with Gasteiger partial charge in [-0.2, -0.15) is 0 Å². The minimum atomic E-state index is 0.0227. The molecule has 1 atom stereocenters. The first-order valence-corrected chi connectivity index (χ1v) is 7.29. The minimum Gasteiger partial charge on any atom is -0.495 e. The van der Waals surface area contributed by atoms with Crippen molar-refractivity contribution in [1.29, 1.82) is 0 Å². The fourth-order valence-electron chi connectivity index (χ4n) is 2.40. The van der Waals surface area contributed by atoms with Crippen LogP contribution in [0.3, 0.4) is 0 Å². The lowest BCUT2D eigenvalue weighted by molar-refractivity contribution is 0.388. The summed E-state index contributed by atoms with van der Waals surface area (Å²) in [6.45, 7) is 2.92. The Labute approximate surface area is 130 Å². The van der Waals surface area contributed by atoms with Crippen molar-refractivity contribution in [3.8, 4) is 11.5 Å². The molecule has 0 saturated carbocycles. The van der Waals surface area contributed by atoms with E-state index in [-0.39, 0.29) is 6.04 Å². The number of methoxy groups -OCH3 is 2. The van der Waals surface area contributed by atoms with Gasteiger partial charge in [0.15, 0.2) is 0 Å². The SMILES string of the molecule is CCNC(c1ccccc1)c1ccc(OC)c(Cl)c1OC. The molecule has 4 heteroatoms. The lowest BCUT2D eigenvalue weighted by Crippen LogP contribution is -2.22. The van der Waals surface area contributed by atoms with Crippen LogP contribution in [0.4, 0.5) is 0 Å². The summed E-state index contributed by atoms with van der Waals surface area (Å²) in [6, 6.07) is 14.1. The van der Waals surface area contributed by atoms with Crippen LogP contribution in [0.5, 0.6) is 11.5 Å². The molecule has 2 aromatic carbocycles. The molecule has 0 bridgehead atoms. The molecule has 0 heterocycles. The van der Waals surface area contributed by atoms with Crippen molar-refractivity contribution in [3.63, 3.8) is 0 Å². The second-order valence-corrected chi connectivity index (χ2v) is 4.98. The molecule has 0 fully saturated rings. The third-order valence-corrected chi connectivity index (χ3v) is 3.73. The number of hydrogen-bond donors (Lipinski definition) is 1. The van der Waals surface area contributed by atoms with Crippen LogP contribution < -0.4 is 14.8 Å². The van der Waals surface area contributed by atoms with E-state index in [9.17, 15) is 0 Å². The van der Waals surface area contributed by atoms with Gasteiger partial charge < -0.3 is 14.8 Å². The van der Waals surface area contributed by atoms with Gasteiger partial charge in [0.1, 0.15) is 16.5 Å². The number of rotatable bonds is 6. The van der Waals surface area contributed by atoms with Crippen LogP contribution in [-0.2, 0) is 0 Å². The number of halogens is 1. The smallest absolute Gasteiger partial charge is 0.146 e. The Hall–Kier alpha value is -1.71. The highest BCUT2D eigenvalue weighted by atomic mass is 35.5. The van der Waals surface area contributed by atoms with Gasteiger partial charge in [-0.25, -0.2) is 0 Å². The van der Waals surface area contributed by atoms with E-state index in [4.69, 9.17) is 21.1 Å². The molecule has 0 saturated heterocycles. The van der Waals surface area contributed by atoms with E-state index in [0.717, 1.165) is 12.1 Å². The fraction of sp³-hybridized carbons (Fsp3) is 0.294. The monoisotopic (exact) mass is 305 g/mol. The van der Waals surface area contributed by atoms with Crippen LogP contribution in [0, 0.1) is 0 Å². The summed E-state index contributed by atoms with van der Waals surface area (Å²) in [4.78, 5) is 0. The summed E-state index contributed by atoms with van der Waals surface area (Å²) >= 11 is 6.37. The van der Waals surface area contributed by atoms with Crippen molar-refractivity contribution in [2.75, 3.05) is 20.8 Å². The molecule has 2 rings (SSSR count). The fourth-order valence-corrected chi connectivity index (χ4v) is 2.73. The summed E-state index contributed by atoms with van der Waals surface area (Å²) in [7, 11) is 3.22. The van der Waals surface area contributed by atoms with Gasteiger partial charge in [0.25, 0.3) is 0 Å². The van der Waals surface area contributed by atoms with Crippen molar-refractivity contribution < 1.29 is 9.47 Å². The predicted molar refractivity (Wildman–Crippen MR) is 86.5 cm³/mol. The number of nitrogens with one attached hydrogen (secondary N) is 1. The Morgan fingerprint density at radius 2 is 1.76 bits per heavy atom. The maximum absolute atomic E-state index is 6.37. The second kappa shape index (κ2) is 7.34. The summed E-state index contributed by atoms with van der Waals surface area (Å²) in [5, 5.41) is 3.97. The molecular formula is C17H20ClNO2. The van der Waals surface area contributed by atoms with Crippen LogP contribution in [0.15, 0.2) is 42.5 Å². The second-order valence-electron chi connectivity index (χ2n) is 4.61. The molecule has 0 aliphatic heterocycles. The van der Waals surface area contributed by atoms with Gasteiger partial charge in [0.2, 0.25) is 0 Å². The Morgan fingerprint density at radius 1 is 1.05 bits per heavy atom. The molecule has 1 unspecified atom stereocenters. The van der Waals surface area contributed by atoms with Gasteiger partial charge in [0, 0.05) is 5.56 Å². The highest BCUT2D eigenvalue weighted by molar-refractivity contribution is 6.33. The summed E-state index contributed by atoms with van der Waals surface area (Å²) < 4.78 is 10.8. The molecule has 1 N–H and O–H groups in total. The lowest BCUT2D eigenvalue weighted by Gasteiger charge is -2.22. The first-order valence-electron chi connectivity index (χ1n) is 6.91. The molecular weight excluding hydrogens is 286 g/mol. The first-order chi connectivity index (χ1) is 10.2. The lowest BCUT2D eigenvalue weighted by atomic mass is 9.97. The Kier molecular flexibility index (Phi) is 5.48. The van der Waals surface area contributed by atoms with Crippen LogP contribution >= 0.6 is 11.6 Å². The molecule has 0 radical (unpaired) electrons. The topological polar surface area (TPSA) is 30.5 Å². The molecule has 0 aliphatic rings. The van der Waals surface area contributed by atoms with E-state index in [0.29, 0.717) is 16.5 Å². The van der Waals surface area contributed by atoms with Gasteiger partial charge >= 0.3 is 0 Å². The molecule has 21 heavy (non-hydrogen) atoms. The largest absolute Gasteiger partial charge is 0.495 e. The third-order valence-electron chi connectivity index (χ3n) is 3.37. The minimum absolute atomic E-state index is 0.0227. The zero-order chi connectivity index (χ0) is 15.2. The molecule has 0 aromatic heterocycles. The zero-order valence-corrected chi connectivity index (χ0v) is 13.3. The van der Waals surface area contributed by atoms with Crippen LogP contribution in [0.1, 0.15) is 24.1 Å². The van der Waals surface area contributed by atoms with Crippen LogP contribution in [0.25, 0.3) is 0 Å². The van der Waals surface area contributed by atoms with Gasteiger partial charge in [-0.05, 0) is 24.2 Å². The predicted octanol–water partition coefficient (Wildman–Crippen LogP) is 4.06. The van der Waals surface area contributed by atoms with E-state index in [1.165, 1.54) is 5.56 Å². The van der Waals surface area contributed by atoms with Crippen molar-refractivity contribution >= 4 is 11.6 Å². The van der Waals surface area contributed by atoms with Crippen molar-refractivity contribution in [3.05, 3.63) is 58.6 Å². The van der Waals surface area contributed by atoms with E-state index in [2.05, 4.69) is 24.4 Å². The zero-order valence-electron chi connectivity index (χ0n) is 12.5. The van der Waals surface area contributed by atoms with Crippen molar-refractivity contribution in [1.82, 2.24) is 5.32 Å². The highest BCUT2D eigenvalue weighted by Crippen LogP contribution is 2.40. The summed E-state index contributed by atoms with van der Waals surface area (Å²) in [5.41, 5.74) is 2.16. The molecule has 0 aliphatic carbocycles. The van der Waals surface area contributed by atoms with Crippen LogP contribution in [-0.4, -0.2) is 20.8 Å². The normalized spacial score (nSPS) is 12.0. The molecule has 0 amide bonds.